The first-order valence-electron chi connectivity index (χ1n) is 8.04. The van der Waals surface area contributed by atoms with Crippen molar-refractivity contribution in [2.75, 3.05) is 26.2 Å². The largest absolute Gasteiger partial charge is 0.339 e. The van der Waals surface area contributed by atoms with Gasteiger partial charge in [0.05, 0.1) is 6.42 Å². The maximum absolute atomic E-state index is 12.9. The minimum atomic E-state index is -0.299. The van der Waals surface area contributed by atoms with E-state index >= 15 is 0 Å². The number of nitrogens with zero attached hydrogens (tertiary/aromatic N) is 2. The summed E-state index contributed by atoms with van der Waals surface area (Å²) in [5.74, 6) is -0.116. The lowest BCUT2D eigenvalue weighted by atomic mass is 9.91. The van der Waals surface area contributed by atoms with E-state index in [0.717, 1.165) is 5.56 Å². The molecule has 5 heteroatoms. The van der Waals surface area contributed by atoms with Crippen LogP contribution in [0.25, 0.3) is 0 Å². The maximum atomic E-state index is 12.9. The van der Waals surface area contributed by atoms with Gasteiger partial charge in [-0.25, -0.2) is 4.39 Å². The van der Waals surface area contributed by atoms with Crippen molar-refractivity contribution < 1.29 is 14.0 Å². The van der Waals surface area contributed by atoms with Crippen molar-refractivity contribution in [2.24, 2.45) is 5.41 Å². The van der Waals surface area contributed by atoms with Gasteiger partial charge in [-0.05, 0) is 23.1 Å². The average molecular weight is 320 g/mol. The Labute approximate surface area is 137 Å². The quantitative estimate of drug-likeness (QED) is 0.858. The second-order valence-corrected chi connectivity index (χ2v) is 7.30. The molecule has 1 aliphatic heterocycles. The Morgan fingerprint density at radius 3 is 1.91 bits per heavy atom. The van der Waals surface area contributed by atoms with Crippen molar-refractivity contribution >= 4 is 11.8 Å². The molecular formula is C18H25FN2O2. The van der Waals surface area contributed by atoms with Crippen LogP contribution >= 0.6 is 0 Å². The first kappa shape index (κ1) is 17.4. The van der Waals surface area contributed by atoms with Gasteiger partial charge >= 0.3 is 0 Å². The number of hydrogen-bond acceptors (Lipinski definition) is 2. The van der Waals surface area contributed by atoms with Crippen LogP contribution in [0.5, 0.6) is 0 Å². The topological polar surface area (TPSA) is 40.6 Å². The van der Waals surface area contributed by atoms with E-state index in [9.17, 15) is 14.0 Å². The van der Waals surface area contributed by atoms with Gasteiger partial charge < -0.3 is 9.80 Å². The second kappa shape index (κ2) is 7.11. The molecule has 0 aliphatic carbocycles. The number of hydrogen-bond donors (Lipinski definition) is 0. The molecule has 23 heavy (non-hydrogen) atoms. The lowest BCUT2D eigenvalue weighted by Crippen LogP contribution is -2.51. The number of rotatable bonds is 3. The summed E-state index contributed by atoms with van der Waals surface area (Å²) in [4.78, 5) is 28.1. The number of carbonyl (C=O) groups is 2. The standard InChI is InChI=1S/C18H25FN2O2/c1-18(2,3)13-17(23)21-10-8-20(9-11-21)16(22)12-14-4-6-15(19)7-5-14/h4-7H,8-13H2,1-3H3. The van der Waals surface area contributed by atoms with Gasteiger partial charge in [0.15, 0.2) is 0 Å². The van der Waals surface area contributed by atoms with Crippen LogP contribution < -0.4 is 0 Å². The molecule has 0 spiro atoms. The minimum Gasteiger partial charge on any atom is -0.339 e. The fourth-order valence-electron chi connectivity index (χ4n) is 2.66. The molecule has 0 bridgehead atoms. The molecule has 1 aliphatic rings. The normalized spacial score (nSPS) is 15.7. The van der Waals surface area contributed by atoms with E-state index in [4.69, 9.17) is 0 Å². The Balaban J connectivity index is 1.83. The summed E-state index contributed by atoms with van der Waals surface area (Å²) < 4.78 is 12.9. The third-order valence-corrected chi connectivity index (χ3v) is 3.94. The van der Waals surface area contributed by atoms with Crippen LogP contribution in [0.1, 0.15) is 32.8 Å². The number of halogens is 1. The van der Waals surface area contributed by atoms with Crippen molar-refractivity contribution in [2.45, 2.75) is 33.6 Å². The predicted octanol–water partition coefficient (Wildman–Crippen LogP) is 2.48. The fourth-order valence-corrected chi connectivity index (χ4v) is 2.66. The van der Waals surface area contributed by atoms with Crippen LogP contribution in [-0.4, -0.2) is 47.8 Å². The number of piperazine rings is 1. The Kier molecular flexibility index (Phi) is 5.39. The van der Waals surface area contributed by atoms with Crippen molar-refractivity contribution in [1.82, 2.24) is 9.80 Å². The van der Waals surface area contributed by atoms with Crippen molar-refractivity contribution in [1.29, 1.82) is 0 Å². The smallest absolute Gasteiger partial charge is 0.227 e. The van der Waals surface area contributed by atoms with Gasteiger partial charge in [0.25, 0.3) is 0 Å². The molecule has 1 saturated heterocycles. The van der Waals surface area contributed by atoms with Crippen molar-refractivity contribution in [3.8, 4) is 0 Å². The summed E-state index contributed by atoms with van der Waals surface area (Å²) in [7, 11) is 0. The highest BCUT2D eigenvalue weighted by Crippen LogP contribution is 2.20. The summed E-state index contributed by atoms with van der Waals surface area (Å²) in [5, 5.41) is 0. The molecule has 4 nitrogen and oxygen atoms in total. The summed E-state index contributed by atoms with van der Waals surface area (Å²) in [6, 6.07) is 6.00. The van der Waals surface area contributed by atoms with Gasteiger partial charge in [0, 0.05) is 32.6 Å². The van der Waals surface area contributed by atoms with Crippen LogP contribution in [-0.2, 0) is 16.0 Å². The Morgan fingerprint density at radius 1 is 0.957 bits per heavy atom. The summed E-state index contributed by atoms with van der Waals surface area (Å²) in [6.07, 6.45) is 0.798. The predicted molar refractivity (Wildman–Crippen MR) is 87.3 cm³/mol. The Bertz CT molecular complexity index is 555. The third kappa shape index (κ3) is 5.34. The summed E-state index contributed by atoms with van der Waals surface area (Å²) in [6.45, 7) is 8.45. The highest BCUT2D eigenvalue weighted by Gasteiger charge is 2.26. The van der Waals surface area contributed by atoms with Crippen LogP contribution in [0.3, 0.4) is 0 Å². The Morgan fingerprint density at radius 2 is 1.43 bits per heavy atom. The average Bonchev–Trinajstić information content (AvgIpc) is 2.48. The number of carbonyl (C=O) groups excluding carboxylic acids is 2. The van der Waals surface area contributed by atoms with Gasteiger partial charge in [0.1, 0.15) is 5.82 Å². The molecule has 0 N–H and O–H groups in total. The van der Waals surface area contributed by atoms with E-state index in [1.807, 2.05) is 25.7 Å². The zero-order valence-corrected chi connectivity index (χ0v) is 14.1. The molecule has 0 saturated carbocycles. The zero-order chi connectivity index (χ0) is 17.0. The molecule has 1 aromatic carbocycles. The molecular weight excluding hydrogens is 295 g/mol. The molecule has 126 valence electrons. The molecule has 0 unspecified atom stereocenters. The first-order valence-corrected chi connectivity index (χ1v) is 8.04. The lowest BCUT2D eigenvalue weighted by molar-refractivity contribution is -0.140. The minimum absolute atomic E-state index is 0.0212. The second-order valence-electron chi connectivity index (χ2n) is 7.30. The first-order chi connectivity index (χ1) is 10.7. The third-order valence-electron chi connectivity index (χ3n) is 3.94. The van der Waals surface area contributed by atoms with Gasteiger partial charge in [-0.3, -0.25) is 9.59 Å². The van der Waals surface area contributed by atoms with E-state index in [1.54, 1.807) is 17.0 Å². The molecule has 0 radical (unpaired) electrons. The fraction of sp³-hybridized carbons (Fsp3) is 0.556. The van der Waals surface area contributed by atoms with Crippen LogP contribution in [0, 0.1) is 11.2 Å². The van der Waals surface area contributed by atoms with Gasteiger partial charge in [0.2, 0.25) is 11.8 Å². The van der Waals surface area contributed by atoms with Gasteiger partial charge in [-0.1, -0.05) is 32.9 Å². The van der Waals surface area contributed by atoms with E-state index in [2.05, 4.69) is 0 Å². The van der Waals surface area contributed by atoms with Crippen molar-refractivity contribution in [3.63, 3.8) is 0 Å². The van der Waals surface area contributed by atoms with Crippen LogP contribution in [0.4, 0.5) is 4.39 Å². The zero-order valence-electron chi connectivity index (χ0n) is 14.1. The van der Waals surface area contributed by atoms with E-state index in [1.165, 1.54) is 12.1 Å². The number of amides is 2. The monoisotopic (exact) mass is 320 g/mol. The molecule has 0 aromatic heterocycles. The van der Waals surface area contributed by atoms with Crippen LogP contribution in [0.15, 0.2) is 24.3 Å². The highest BCUT2D eigenvalue weighted by molar-refractivity contribution is 5.80. The van der Waals surface area contributed by atoms with Crippen LogP contribution in [0.2, 0.25) is 0 Å². The molecule has 1 fully saturated rings. The molecule has 2 amide bonds. The van der Waals surface area contributed by atoms with E-state index in [0.29, 0.717) is 32.6 Å². The molecule has 2 rings (SSSR count). The molecule has 1 aromatic rings. The van der Waals surface area contributed by atoms with E-state index in [-0.39, 0.29) is 29.5 Å². The van der Waals surface area contributed by atoms with Gasteiger partial charge in [-0.2, -0.15) is 0 Å². The summed E-state index contributed by atoms with van der Waals surface area (Å²) >= 11 is 0. The maximum Gasteiger partial charge on any atom is 0.227 e. The van der Waals surface area contributed by atoms with Crippen molar-refractivity contribution in [3.05, 3.63) is 35.6 Å². The lowest BCUT2D eigenvalue weighted by Gasteiger charge is -2.36. The summed E-state index contributed by atoms with van der Waals surface area (Å²) in [5.41, 5.74) is 0.787. The molecule has 1 heterocycles. The SMILES string of the molecule is CC(C)(C)CC(=O)N1CCN(C(=O)Cc2ccc(F)cc2)CC1. The Hall–Kier alpha value is -1.91. The number of benzene rings is 1. The molecule has 0 atom stereocenters. The van der Waals surface area contributed by atoms with Gasteiger partial charge in [-0.15, -0.1) is 0 Å². The van der Waals surface area contributed by atoms with E-state index < -0.39 is 0 Å². The highest BCUT2D eigenvalue weighted by atomic mass is 19.1.